The number of halogens is 2. The maximum atomic E-state index is 10.8. The van der Waals surface area contributed by atoms with Gasteiger partial charge in [-0.1, -0.05) is 47.5 Å². The summed E-state index contributed by atoms with van der Waals surface area (Å²) < 4.78 is 11.4. The van der Waals surface area contributed by atoms with Crippen LogP contribution in [0.2, 0.25) is 10.0 Å². The Labute approximate surface area is 168 Å². The lowest BCUT2D eigenvalue weighted by Gasteiger charge is -2.13. The number of carbonyl (C=O) groups excluding carboxylic acids is 1. The van der Waals surface area contributed by atoms with Crippen molar-refractivity contribution in [3.8, 4) is 11.5 Å². The number of allylic oxidation sites excluding steroid dienone is 1. The second kappa shape index (κ2) is 10.6. The first-order valence-corrected chi connectivity index (χ1v) is 9.00. The number of nitrogens with zero attached hydrogens (tertiary/aromatic N) is 1. The third-order valence-electron chi connectivity index (χ3n) is 3.38. The summed E-state index contributed by atoms with van der Waals surface area (Å²) in [6.07, 6.45) is 4.01. The van der Waals surface area contributed by atoms with Gasteiger partial charge in [0, 0.05) is 6.92 Å². The highest BCUT2D eigenvalue weighted by atomic mass is 35.5. The molecule has 0 aliphatic rings. The number of hydrogen-bond acceptors (Lipinski definition) is 4. The van der Waals surface area contributed by atoms with Gasteiger partial charge < -0.3 is 9.47 Å². The van der Waals surface area contributed by atoms with Gasteiger partial charge >= 0.3 is 0 Å². The van der Waals surface area contributed by atoms with E-state index < -0.39 is 0 Å². The number of nitrogens with one attached hydrogen (secondary N) is 1. The Morgan fingerprint density at radius 3 is 2.52 bits per heavy atom. The van der Waals surface area contributed by atoms with E-state index in [4.69, 9.17) is 32.7 Å². The van der Waals surface area contributed by atoms with Gasteiger partial charge in [-0.25, -0.2) is 5.43 Å². The molecule has 0 aliphatic heterocycles. The summed E-state index contributed by atoms with van der Waals surface area (Å²) in [5.41, 5.74) is 4.01. The number of ether oxygens (including phenoxy) is 2. The van der Waals surface area contributed by atoms with E-state index in [-0.39, 0.29) is 12.5 Å². The minimum absolute atomic E-state index is 0.266. The molecule has 5 nitrogen and oxygen atoms in total. The summed E-state index contributed by atoms with van der Waals surface area (Å²) >= 11 is 12.5. The van der Waals surface area contributed by atoms with Crippen LogP contribution in [0.15, 0.2) is 54.2 Å². The average molecular weight is 407 g/mol. The van der Waals surface area contributed by atoms with E-state index in [9.17, 15) is 4.79 Å². The lowest BCUT2D eigenvalue weighted by atomic mass is 10.1. The van der Waals surface area contributed by atoms with Crippen LogP contribution < -0.4 is 14.9 Å². The molecule has 0 saturated carbocycles. The highest BCUT2D eigenvalue weighted by molar-refractivity contribution is 6.37. The van der Waals surface area contributed by atoms with Gasteiger partial charge in [-0.05, 0) is 35.7 Å². The summed E-state index contributed by atoms with van der Waals surface area (Å²) in [7, 11) is 0. The summed E-state index contributed by atoms with van der Waals surface area (Å²) in [6.45, 7) is 5.73. The van der Waals surface area contributed by atoms with Gasteiger partial charge in [-0.3, -0.25) is 4.79 Å². The second-order valence-electron chi connectivity index (χ2n) is 5.54. The largest absolute Gasteiger partial charge is 0.490 e. The number of rotatable bonds is 9. The molecule has 27 heavy (non-hydrogen) atoms. The molecule has 0 saturated heterocycles. The third kappa shape index (κ3) is 6.62. The minimum Gasteiger partial charge on any atom is -0.490 e. The van der Waals surface area contributed by atoms with Gasteiger partial charge in [-0.15, -0.1) is 6.58 Å². The normalized spacial score (nSPS) is 10.6. The smallest absolute Gasteiger partial charge is 0.236 e. The van der Waals surface area contributed by atoms with Crippen LogP contribution in [0.25, 0.3) is 0 Å². The summed E-state index contributed by atoms with van der Waals surface area (Å²) in [5, 5.41) is 4.47. The number of hydrazone groups is 1. The molecule has 1 N–H and O–H groups in total. The zero-order valence-electron chi connectivity index (χ0n) is 14.9. The Balaban J connectivity index is 1.93. The number of para-hydroxylation sites is 1. The highest BCUT2D eigenvalue weighted by Crippen LogP contribution is 2.33. The predicted molar refractivity (Wildman–Crippen MR) is 109 cm³/mol. The lowest BCUT2D eigenvalue weighted by Crippen LogP contribution is -2.12. The maximum absolute atomic E-state index is 10.8. The molecule has 142 valence electrons. The average Bonchev–Trinajstić information content (AvgIpc) is 2.61. The molecule has 0 atom stereocenters. The summed E-state index contributed by atoms with van der Waals surface area (Å²) in [4.78, 5) is 10.8. The van der Waals surface area contributed by atoms with E-state index in [2.05, 4.69) is 17.1 Å². The molecule has 2 aromatic carbocycles. The molecule has 0 unspecified atom stereocenters. The van der Waals surface area contributed by atoms with E-state index >= 15 is 0 Å². The monoisotopic (exact) mass is 406 g/mol. The van der Waals surface area contributed by atoms with Crippen LogP contribution in [0, 0.1) is 0 Å². The zero-order valence-corrected chi connectivity index (χ0v) is 16.4. The van der Waals surface area contributed by atoms with Crippen LogP contribution in [0.4, 0.5) is 0 Å². The topological polar surface area (TPSA) is 59.9 Å². The van der Waals surface area contributed by atoms with Crippen LogP contribution in [-0.2, 0) is 11.2 Å². The van der Waals surface area contributed by atoms with E-state index in [1.54, 1.807) is 12.1 Å². The van der Waals surface area contributed by atoms with Crippen molar-refractivity contribution < 1.29 is 14.3 Å². The van der Waals surface area contributed by atoms with Crippen molar-refractivity contribution in [2.75, 3.05) is 13.2 Å². The molecule has 0 bridgehead atoms. The number of benzene rings is 2. The highest BCUT2D eigenvalue weighted by Gasteiger charge is 2.10. The molecule has 7 heteroatoms. The first-order chi connectivity index (χ1) is 13.0. The number of carbonyl (C=O) groups is 1. The van der Waals surface area contributed by atoms with Crippen molar-refractivity contribution in [1.29, 1.82) is 0 Å². The van der Waals surface area contributed by atoms with Gasteiger partial charge in [0.05, 0.1) is 16.3 Å². The van der Waals surface area contributed by atoms with Crippen molar-refractivity contribution >= 4 is 35.3 Å². The molecule has 0 radical (unpaired) electrons. The fourth-order valence-corrected chi connectivity index (χ4v) is 2.87. The first kappa shape index (κ1) is 20.8. The van der Waals surface area contributed by atoms with Crippen LogP contribution in [-0.4, -0.2) is 25.3 Å². The minimum atomic E-state index is -0.266. The fourth-order valence-electron chi connectivity index (χ4n) is 2.25. The quantitative estimate of drug-likeness (QED) is 0.285. The van der Waals surface area contributed by atoms with Crippen LogP contribution in [0.3, 0.4) is 0 Å². The Hall–Kier alpha value is -2.50. The standard InChI is InChI=1S/C20H20Cl2N2O3/c1-3-6-16-7-4-5-8-19(16)26-9-10-27-20-17(21)11-15(12-18(20)22)13-23-24-14(2)25/h3-5,7-8,11-13H,1,6,9-10H2,2H3,(H,24,25)/b23-13-. The van der Waals surface area contributed by atoms with Crippen molar-refractivity contribution in [2.24, 2.45) is 5.10 Å². The first-order valence-electron chi connectivity index (χ1n) is 8.24. The number of amides is 1. The van der Waals surface area contributed by atoms with Gasteiger partial charge in [0.2, 0.25) is 5.91 Å². The fraction of sp³-hybridized carbons (Fsp3) is 0.200. The maximum Gasteiger partial charge on any atom is 0.236 e. The van der Waals surface area contributed by atoms with Gasteiger partial charge in [0.1, 0.15) is 19.0 Å². The molecule has 0 spiro atoms. The Kier molecular flexibility index (Phi) is 8.17. The van der Waals surface area contributed by atoms with Crippen LogP contribution in [0.1, 0.15) is 18.1 Å². The number of hydrogen-bond donors (Lipinski definition) is 1. The van der Waals surface area contributed by atoms with Crippen molar-refractivity contribution in [3.63, 3.8) is 0 Å². The van der Waals surface area contributed by atoms with Gasteiger partial charge in [0.15, 0.2) is 5.75 Å². The SMILES string of the molecule is C=CCc1ccccc1OCCOc1c(Cl)cc(/C=N\NC(C)=O)cc1Cl. The molecule has 0 heterocycles. The molecule has 2 aromatic rings. The van der Waals surface area contributed by atoms with Gasteiger partial charge in [0.25, 0.3) is 0 Å². The van der Waals surface area contributed by atoms with Crippen molar-refractivity contribution in [2.45, 2.75) is 13.3 Å². The Morgan fingerprint density at radius 2 is 1.85 bits per heavy atom. The Morgan fingerprint density at radius 1 is 1.19 bits per heavy atom. The summed E-state index contributed by atoms with van der Waals surface area (Å²) in [6, 6.07) is 11.1. The van der Waals surface area contributed by atoms with E-state index in [1.807, 2.05) is 30.3 Å². The van der Waals surface area contributed by atoms with E-state index in [0.717, 1.165) is 17.7 Å². The van der Waals surface area contributed by atoms with Crippen LogP contribution in [0.5, 0.6) is 11.5 Å². The Bertz CT molecular complexity index is 815. The van der Waals surface area contributed by atoms with Crippen LogP contribution >= 0.6 is 23.2 Å². The lowest BCUT2D eigenvalue weighted by molar-refractivity contribution is -0.118. The van der Waals surface area contributed by atoms with Crippen molar-refractivity contribution in [3.05, 3.63) is 70.2 Å². The molecular weight excluding hydrogens is 387 g/mol. The second-order valence-corrected chi connectivity index (χ2v) is 6.35. The molecule has 2 rings (SSSR count). The van der Waals surface area contributed by atoms with E-state index in [0.29, 0.717) is 28.0 Å². The molecule has 0 aromatic heterocycles. The van der Waals surface area contributed by atoms with Crippen molar-refractivity contribution in [1.82, 2.24) is 5.43 Å². The zero-order chi connectivity index (χ0) is 19.6. The van der Waals surface area contributed by atoms with E-state index in [1.165, 1.54) is 13.1 Å². The molecule has 1 amide bonds. The molecule has 0 fully saturated rings. The van der Waals surface area contributed by atoms with Gasteiger partial charge in [-0.2, -0.15) is 5.10 Å². The molecule has 0 aliphatic carbocycles. The summed E-state index contributed by atoms with van der Waals surface area (Å²) in [5.74, 6) is 0.902. The third-order valence-corrected chi connectivity index (χ3v) is 3.94. The predicted octanol–water partition coefficient (Wildman–Crippen LogP) is 4.65. The molecular formula is C20H20Cl2N2O3.